The van der Waals surface area contributed by atoms with Crippen molar-refractivity contribution in [1.29, 1.82) is 0 Å². The zero-order chi connectivity index (χ0) is 10.0. The molecular weight excluding hydrogens is 166 g/mol. The summed E-state index contributed by atoms with van der Waals surface area (Å²) >= 11 is 0. The van der Waals surface area contributed by atoms with Crippen molar-refractivity contribution in [2.24, 2.45) is 0 Å². The maximum atomic E-state index is 10.3. The van der Waals surface area contributed by atoms with Crippen molar-refractivity contribution in [2.75, 3.05) is 5.32 Å². The fourth-order valence-corrected chi connectivity index (χ4v) is 1.28. The number of amides is 1. The van der Waals surface area contributed by atoms with Gasteiger partial charge in [-0.1, -0.05) is 0 Å². The number of phenols is 1. The highest BCUT2D eigenvalue weighted by Gasteiger charge is 2.07. The van der Waals surface area contributed by atoms with E-state index in [0.717, 1.165) is 22.4 Å². The molecule has 0 aromatic heterocycles. The number of nitrogens with one attached hydrogen (secondary N) is 1. The van der Waals surface area contributed by atoms with E-state index >= 15 is 0 Å². The molecule has 0 aliphatic carbocycles. The summed E-state index contributed by atoms with van der Waals surface area (Å²) in [5.41, 5.74) is 3.23. The van der Waals surface area contributed by atoms with Crippen LogP contribution in [0.2, 0.25) is 0 Å². The third-order valence-corrected chi connectivity index (χ3v) is 2.27. The summed E-state index contributed by atoms with van der Waals surface area (Å²) in [6, 6.07) is 1.76. The van der Waals surface area contributed by atoms with Crippen LogP contribution in [0.1, 0.15) is 16.7 Å². The molecule has 1 amide bonds. The van der Waals surface area contributed by atoms with Gasteiger partial charge in [-0.25, -0.2) is 0 Å². The van der Waals surface area contributed by atoms with Crippen LogP contribution in [0.3, 0.4) is 0 Å². The number of benzene rings is 1. The zero-order valence-corrected chi connectivity index (χ0v) is 8.01. The van der Waals surface area contributed by atoms with Crippen molar-refractivity contribution in [1.82, 2.24) is 0 Å². The van der Waals surface area contributed by atoms with E-state index in [2.05, 4.69) is 5.32 Å². The van der Waals surface area contributed by atoms with E-state index in [1.54, 1.807) is 13.0 Å². The third-order valence-electron chi connectivity index (χ3n) is 2.27. The maximum absolute atomic E-state index is 10.3. The Hall–Kier alpha value is -1.51. The van der Waals surface area contributed by atoms with E-state index in [-0.39, 0.29) is 0 Å². The molecule has 0 bridgehead atoms. The lowest BCUT2D eigenvalue weighted by Crippen LogP contribution is -1.99. The van der Waals surface area contributed by atoms with E-state index < -0.39 is 0 Å². The molecule has 3 nitrogen and oxygen atoms in total. The van der Waals surface area contributed by atoms with Crippen LogP contribution in [-0.2, 0) is 4.79 Å². The average Bonchev–Trinajstić information content (AvgIpc) is 2.11. The second-order valence-electron chi connectivity index (χ2n) is 3.10. The molecule has 0 unspecified atom stereocenters. The van der Waals surface area contributed by atoms with Gasteiger partial charge < -0.3 is 10.4 Å². The highest BCUT2D eigenvalue weighted by molar-refractivity contribution is 5.75. The summed E-state index contributed by atoms with van der Waals surface area (Å²) in [6.07, 6.45) is 0.637. The molecule has 1 aromatic rings. The minimum atomic E-state index is 0.300. The van der Waals surface area contributed by atoms with Gasteiger partial charge in [0, 0.05) is 5.69 Å². The quantitative estimate of drug-likeness (QED) is 0.538. The van der Waals surface area contributed by atoms with Crippen LogP contribution in [0.5, 0.6) is 5.75 Å². The molecule has 0 radical (unpaired) electrons. The van der Waals surface area contributed by atoms with Crippen LogP contribution in [-0.4, -0.2) is 11.5 Å². The number of carbonyl (C=O) groups excluding carboxylic acids is 1. The van der Waals surface area contributed by atoms with Gasteiger partial charge in [-0.05, 0) is 43.5 Å². The Kier molecular flexibility index (Phi) is 2.56. The third kappa shape index (κ3) is 1.64. The summed E-state index contributed by atoms with van der Waals surface area (Å²) in [5.74, 6) is 0.300. The summed E-state index contributed by atoms with van der Waals surface area (Å²) in [6.45, 7) is 5.49. The minimum Gasteiger partial charge on any atom is -0.507 e. The number of phenolic OH excluding ortho intramolecular Hbond substituents is 1. The Morgan fingerprint density at radius 3 is 2.46 bits per heavy atom. The smallest absolute Gasteiger partial charge is 0.211 e. The Morgan fingerprint density at radius 2 is 1.92 bits per heavy atom. The van der Waals surface area contributed by atoms with Gasteiger partial charge in [-0.15, -0.1) is 0 Å². The van der Waals surface area contributed by atoms with Gasteiger partial charge in [0.15, 0.2) is 0 Å². The first-order valence-corrected chi connectivity index (χ1v) is 4.08. The van der Waals surface area contributed by atoms with Crippen LogP contribution in [0.4, 0.5) is 5.69 Å². The Morgan fingerprint density at radius 1 is 1.31 bits per heavy atom. The van der Waals surface area contributed by atoms with Crippen molar-refractivity contribution in [3.8, 4) is 5.75 Å². The highest BCUT2D eigenvalue weighted by Crippen LogP contribution is 2.29. The molecule has 0 aliphatic rings. The number of aromatic hydroxyl groups is 1. The Balaban J connectivity index is 3.31. The zero-order valence-electron chi connectivity index (χ0n) is 8.01. The number of hydrogen-bond donors (Lipinski definition) is 2. The molecule has 1 aromatic carbocycles. The van der Waals surface area contributed by atoms with E-state index in [0.29, 0.717) is 12.2 Å². The van der Waals surface area contributed by atoms with Crippen molar-refractivity contribution >= 4 is 12.1 Å². The predicted octanol–water partition coefficient (Wildman–Crippen LogP) is 1.89. The van der Waals surface area contributed by atoms with Crippen LogP contribution < -0.4 is 5.32 Å². The fraction of sp³-hybridized carbons (Fsp3) is 0.300. The van der Waals surface area contributed by atoms with E-state index in [1.165, 1.54) is 0 Å². The summed E-state index contributed by atoms with van der Waals surface area (Å²) < 4.78 is 0. The van der Waals surface area contributed by atoms with E-state index in [9.17, 15) is 9.90 Å². The number of hydrogen-bond acceptors (Lipinski definition) is 2. The molecule has 0 spiro atoms. The van der Waals surface area contributed by atoms with Gasteiger partial charge in [0.05, 0.1) is 0 Å². The fourth-order valence-electron chi connectivity index (χ4n) is 1.28. The molecule has 13 heavy (non-hydrogen) atoms. The summed E-state index contributed by atoms with van der Waals surface area (Å²) in [4.78, 5) is 10.3. The molecule has 0 saturated heterocycles. The molecule has 70 valence electrons. The SMILES string of the molecule is Cc1cc(NC=O)c(C)c(C)c1O. The van der Waals surface area contributed by atoms with Crippen molar-refractivity contribution in [3.63, 3.8) is 0 Å². The molecule has 0 saturated carbocycles. The molecule has 3 heteroatoms. The summed E-state index contributed by atoms with van der Waals surface area (Å²) in [5, 5.41) is 12.2. The predicted molar refractivity (Wildman–Crippen MR) is 52.0 cm³/mol. The average molecular weight is 179 g/mol. The van der Waals surface area contributed by atoms with E-state index in [1.807, 2.05) is 13.8 Å². The Bertz CT molecular complexity index is 345. The molecule has 0 aliphatic heterocycles. The van der Waals surface area contributed by atoms with Gasteiger partial charge in [-0.3, -0.25) is 4.79 Å². The molecular formula is C10H13NO2. The molecule has 0 atom stereocenters. The molecule has 0 fully saturated rings. The first-order valence-electron chi connectivity index (χ1n) is 4.08. The molecule has 0 heterocycles. The van der Waals surface area contributed by atoms with Gasteiger partial charge in [0.25, 0.3) is 0 Å². The van der Waals surface area contributed by atoms with Gasteiger partial charge >= 0.3 is 0 Å². The van der Waals surface area contributed by atoms with Crippen LogP contribution in [0.25, 0.3) is 0 Å². The van der Waals surface area contributed by atoms with Crippen LogP contribution >= 0.6 is 0 Å². The monoisotopic (exact) mass is 179 g/mol. The van der Waals surface area contributed by atoms with Gasteiger partial charge in [-0.2, -0.15) is 0 Å². The standard InChI is InChI=1S/C10H13NO2/c1-6-4-9(11-5-12)7(2)8(3)10(6)13/h4-5,13H,1-3H3,(H,11,12). The first kappa shape index (κ1) is 9.58. The van der Waals surface area contributed by atoms with E-state index in [4.69, 9.17) is 0 Å². The Labute approximate surface area is 77.4 Å². The lowest BCUT2D eigenvalue weighted by molar-refractivity contribution is -0.105. The molecule has 1 rings (SSSR count). The second kappa shape index (κ2) is 3.47. The summed E-state index contributed by atoms with van der Waals surface area (Å²) in [7, 11) is 0. The lowest BCUT2D eigenvalue weighted by atomic mass is 10.0. The van der Waals surface area contributed by atoms with Crippen molar-refractivity contribution < 1.29 is 9.90 Å². The number of aryl methyl sites for hydroxylation is 1. The highest BCUT2D eigenvalue weighted by atomic mass is 16.3. The van der Waals surface area contributed by atoms with Crippen LogP contribution in [0.15, 0.2) is 6.07 Å². The lowest BCUT2D eigenvalue weighted by Gasteiger charge is -2.11. The van der Waals surface area contributed by atoms with Crippen LogP contribution in [0, 0.1) is 20.8 Å². The normalized spacial score (nSPS) is 9.77. The van der Waals surface area contributed by atoms with Gasteiger partial charge in [0.1, 0.15) is 5.75 Å². The largest absolute Gasteiger partial charge is 0.507 e. The van der Waals surface area contributed by atoms with Crippen molar-refractivity contribution in [2.45, 2.75) is 20.8 Å². The van der Waals surface area contributed by atoms with Crippen molar-refractivity contribution in [3.05, 3.63) is 22.8 Å². The first-order chi connectivity index (χ1) is 6.07. The van der Waals surface area contributed by atoms with Gasteiger partial charge in [0.2, 0.25) is 6.41 Å². The minimum absolute atomic E-state index is 0.300. The maximum Gasteiger partial charge on any atom is 0.211 e. The number of carbonyl (C=O) groups is 1. The molecule has 2 N–H and O–H groups in total. The number of anilines is 1. The second-order valence-corrected chi connectivity index (χ2v) is 3.10. The topological polar surface area (TPSA) is 49.3 Å². The number of rotatable bonds is 2.